The van der Waals surface area contributed by atoms with Crippen molar-refractivity contribution >= 4 is 17.2 Å². The normalized spacial score (nSPS) is 11.1. The molecular weight excluding hydrogens is 258 g/mol. The highest BCUT2D eigenvalue weighted by molar-refractivity contribution is 6.33. The number of halogens is 3. The van der Waals surface area contributed by atoms with E-state index in [4.69, 9.17) is 11.6 Å². The quantitative estimate of drug-likeness (QED) is 0.651. The average molecular weight is 265 g/mol. The van der Waals surface area contributed by atoms with E-state index in [9.17, 15) is 8.78 Å². The van der Waals surface area contributed by atoms with Gasteiger partial charge in [-0.15, -0.1) is 0 Å². The fraction of sp³-hybridized carbons (Fsp3) is 0. The van der Waals surface area contributed by atoms with Gasteiger partial charge in [0.2, 0.25) is 0 Å². The van der Waals surface area contributed by atoms with E-state index in [1.807, 2.05) is 0 Å². The van der Waals surface area contributed by atoms with Crippen molar-refractivity contribution in [2.75, 3.05) is 0 Å². The van der Waals surface area contributed by atoms with E-state index >= 15 is 0 Å². The topological polar surface area (TPSA) is 17.3 Å². The van der Waals surface area contributed by atoms with Gasteiger partial charge in [-0.05, 0) is 24.3 Å². The molecular formula is C13H7ClF2N2. The van der Waals surface area contributed by atoms with Crippen LogP contribution >= 0.6 is 11.6 Å². The summed E-state index contributed by atoms with van der Waals surface area (Å²) < 4.78 is 28.3. The number of rotatable bonds is 1. The van der Waals surface area contributed by atoms with Gasteiger partial charge in [0.1, 0.15) is 11.6 Å². The van der Waals surface area contributed by atoms with E-state index in [0.29, 0.717) is 16.4 Å². The predicted octanol–water partition coefficient (Wildman–Crippen LogP) is 3.93. The molecule has 0 aliphatic rings. The molecule has 0 atom stereocenters. The molecule has 0 fully saturated rings. The summed E-state index contributed by atoms with van der Waals surface area (Å²) in [6.45, 7) is 0. The molecule has 1 aromatic carbocycles. The van der Waals surface area contributed by atoms with Crippen molar-refractivity contribution in [2.45, 2.75) is 0 Å². The number of imidazole rings is 1. The third-order valence-electron chi connectivity index (χ3n) is 2.70. The molecule has 2 nitrogen and oxygen atoms in total. The van der Waals surface area contributed by atoms with Crippen LogP contribution < -0.4 is 0 Å². The minimum atomic E-state index is -0.628. The Morgan fingerprint density at radius 2 is 2.00 bits per heavy atom. The smallest absolute Gasteiger partial charge is 0.156 e. The largest absolute Gasteiger partial charge is 0.298 e. The first-order chi connectivity index (χ1) is 8.66. The van der Waals surface area contributed by atoms with Gasteiger partial charge < -0.3 is 0 Å². The molecule has 0 N–H and O–H groups in total. The van der Waals surface area contributed by atoms with E-state index in [-0.39, 0.29) is 5.56 Å². The highest BCUT2D eigenvalue weighted by Gasteiger charge is 2.12. The van der Waals surface area contributed by atoms with E-state index in [1.54, 1.807) is 22.7 Å². The number of fused-ring (bicyclic) bond motifs is 1. The van der Waals surface area contributed by atoms with Crippen LogP contribution in [0, 0.1) is 11.6 Å². The molecule has 0 radical (unpaired) electrons. The maximum absolute atomic E-state index is 13.7. The summed E-state index contributed by atoms with van der Waals surface area (Å²) in [5.41, 5.74) is 1.36. The molecule has 18 heavy (non-hydrogen) atoms. The van der Waals surface area contributed by atoms with E-state index in [2.05, 4.69) is 4.98 Å². The molecule has 0 aliphatic heterocycles. The Bertz CT molecular complexity index is 737. The Morgan fingerprint density at radius 1 is 1.17 bits per heavy atom. The highest BCUT2D eigenvalue weighted by Crippen LogP contribution is 2.26. The highest BCUT2D eigenvalue weighted by atomic mass is 35.5. The molecule has 5 heteroatoms. The number of pyridine rings is 1. The molecule has 0 amide bonds. The lowest BCUT2D eigenvalue weighted by atomic mass is 10.1. The maximum atomic E-state index is 13.7. The lowest BCUT2D eigenvalue weighted by molar-refractivity contribution is 0.585. The second-order valence-corrected chi connectivity index (χ2v) is 4.22. The molecule has 0 bridgehead atoms. The third-order valence-corrected chi connectivity index (χ3v) is 2.99. The molecule has 0 saturated carbocycles. The Kier molecular flexibility index (Phi) is 2.52. The summed E-state index contributed by atoms with van der Waals surface area (Å²) in [6, 6.07) is 6.88. The standard InChI is InChI=1S/C13H7ClF2N2/c14-10-2-1-5-18-12(7-17-13(10)18)9-4-3-8(15)6-11(9)16/h1-7H. The summed E-state index contributed by atoms with van der Waals surface area (Å²) in [4.78, 5) is 4.13. The van der Waals surface area contributed by atoms with Crippen LogP contribution in [0.4, 0.5) is 8.78 Å². The van der Waals surface area contributed by atoms with Crippen LogP contribution in [0.5, 0.6) is 0 Å². The van der Waals surface area contributed by atoms with Crippen LogP contribution in [0.15, 0.2) is 42.7 Å². The molecule has 90 valence electrons. The molecule has 0 unspecified atom stereocenters. The van der Waals surface area contributed by atoms with Gasteiger partial charge in [0, 0.05) is 17.8 Å². The number of nitrogens with zero attached hydrogens (tertiary/aromatic N) is 2. The summed E-state index contributed by atoms with van der Waals surface area (Å²) in [5, 5.41) is 0.478. The van der Waals surface area contributed by atoms with Gasteiger partial charge in [-0.1, -0.05) is 11.6 Å². The zero-order chi connectivity index (χ0) is 12.7. The maximum Gasteiger partial charge on any atom is 0.156 e. The monoisotopic (exact) mass is 264 g/mol. The van der Waals surface area contributed by atoms with Crippen molar-refractivity contribution in [3.8, 4) is 11.3 Å². The molecule has 3 aromatic rings. The summed E-state index contributed by atoms with van der Waals surface area (Å²) in [5.74, 6) is -1.24. The predicted molar refractivity (Wildman–Crippen MR) is 65.6 cm³/mol. The zero-order valence-corrected chi connectivity index (χ0v) is 9.83. The number of aromatic nitrogens is 2. The minimum absolute atomic E-state index is 0.283. The Labute approximate surface area is 106 Å². The van der Waals surface area contributed by atoms with E-state index < -0.39 is 11.6 Å². The number of benzene rings is 1. The van der Waals surface area contributed by atoms with Crippen LogP contribution in [-0.4, -0.2) is 9.38 Å². The second kappa shape index (κ2) is 4.07. The fourth-order valence-corrected chi connectivity index (χ4v) is 2.09. The first kappa shape index (κ1) is 11.2. The minimum Gasteiger partial charge on any atom is -0.298 e. The Morgan fingerprint density at radius 3 is 2.78 bits per heavy atom. The van der Waals surface area contributed by atoms with Crippen molar-refractivity contribution in [1.29, 1.82) is 0 Å². The summed E-state index contributed by atoms with van der Waals surface area (Å²) in [7, 11) is 0. The molecule has 0 saturated heterocycles. The molecule has 0 aliphatic carbocycles. The summed E-state index contributed by atoms with van der Waals surface area (Å²) >= 11 is 5.99. The molecule has 2 aromatic heterocycles. The molecule has 3 rings (SSSR count). The Hall–Kier alpha value is -1.94. The van der Waals surface area contributed by atoms with Gasteiger partial charge in [-0.25, -0.2) is 13.8 Å². The van der Waals surface area contributed by atoms with Crippen LogP contribution in [-0.2, 0) is 0 Å². The van der Waals surface area contributed by atoms with Gasteiger partial charge >= 0.3 is 0 Å². The van der Waals surface area contributed by atoms with E-state index in [1.165, 1.54) is 18.3 Å². The van der Waals surface area contributed by atoms with Crippen LogP contribution in [0.2, 0.25) is 5.02 Å². The zero-order valence-electron chi connectivity index (χ0n) is 9.07. The SMILES string of the molecule is Fc1ccc(-c2cnc3c(Cl)cccn23)c(F)c1. The average Bonchev–Trinajstić information content (AvgIpc) is 2.74. The van der Waals surface area contributed by atoms with Gasteiger partial charge in [0.05, 0.1) is 16.9 Å². The third kappa shape index (κ3) is 1.66. The lowest BCUT2D eigenvalue weighted by Gasteiger charge is -2.04. The van der Waals surface area contributed by atoms with Crippen molar-refractivity contribution in [2.24, 2.45) is 0 Å². The van der Waals surface area contributed by atoms with Crippen LogP contribution in [0.25, 0.3) is 16.9 Å². The van der Waals surface area contributed by atoms with Crippen molar-refractivity contribution in [3.05, 3.63) is 59.4 Å². The summed E-state index contributed by atoms with van der Waals surface area (Å²) in [6.07, 6.45) is 3.24. The Balaban J connectivity index is 2.29. The number of hydrogen-bond donors (Lipinski definition) is 0. The van der Waals surface area contributed by atoms with Crippen LogP contribution in [0.1, 0.15) is 0 Å². The van der Waals surface area contributed by atoms with Gasteiger partial charge in [0.15, 0.2) is 5.65 Å². The first-order valence-electron chi connectivity index (χ1n) is 5.24. The van der Waals surface area contributed by atoms with Crippen molar-refractivity contribution in [3.63, 3.8) is 0 Å². The van der Waals surface area contributed by atoms with Crippen molar-refractivity contribution in [1.82, 2.24) is 9.38 Å². The number of hydrogen-bond acceptors (Lipinski definition) is 1. The van der Waals surface area contributed by atoms with Gasteiger partial charge in [-0.3, -0.25) is 4.40 Å². The lowest BCUT2D eigenvalue weighted by Crippen LogP contribution is -1.91. The van der Waals surface area contributed by atoms with Crippen LogP contribution in [0.3, 0.4) is 0 Å². The second-order valence-electron chi connectivity index (χ2n) is 3.82. The van der Waals surface area contributed by atoms with Gasteiger partial charge in [0.25, 0.3) is 0 Å². The first-order valence-corrected chi connectivity index (χ1v) is 5.61. The molecule has 2 heterocycles. The van der Waals surface area contributed by atoms with E-state index in [0.717, 1.165) is 6.07 Å². The van der Waals surface area contributed by atoms with Crippen molar-refractivity contribution < 1.29 is 8.78 Å². The van der Waals surface area contributed by atoms with Gasteiger partial charge in [-0.2, -0.15) is 0 Å². The molecule has 0 spiro atoms. The fourth-order valence-electron chi connectivity index (χ4n) is 1.87.